The molecule has 8 heteroatoms. The lowest BCUT2D eigenvalue weighted by atomic mass is 10.1. The van der Waals surface area contributed by atoms with Gasteiger partial charge >= 0.3 is 0 Å². The van der Waals surface area contributed by atoms with Crippen molar-refractivity contribution in [3.05, 3.63) is 47.0 Å². The van der Waals surface area contributed by atoms with Gasteiger partial charge in [0, 0.05) is 25.8 Å². The number of hydrogen-bond acceptors (Lipinski definition) is 3. The molecule has 0 bridgehead atoms. The number of nitrogens with zero attached hydrogens (tertiary/aromatic N) is 3. The molecule has 1 aromatic heterocycles. The van der Waals surface area contributed by atoms with E-state index in [2.05, 4.69) is 34.6 Å². The third-order valence-electron chi connectivity index (χ3n) is 4.50. The molecule has 0 aliphatic carbocycles. The molecule has 0 amide bonds. The van der Waals surface area contributed by atoms with Crippen LogP contribution in [0.15, 0.2) is 29.3 Å². The third kappa shape index (κ3) is 6.65. The van der Waals surface area contributed by atoms with Crippen molar-refractivity contribution < 1.29 is 9.13 Å². The molecule has 1 aromatic carbocycles. The molecule has 2 N–H and O–H groups in total. The van der Waals surface area contributed by atoms with Crippen LogP contribution in [-0.2, 0) is 13.5 Å². The van der Waals surface area contributed by atoms with E-state index < -0.39 is 0 Å². The first-order valence-electron chi connectivity index (χ1n) is 9.19. The van der Waals surface area contributed by atoms with Gasteiger partial charge in [-0.2, -0.15) is 5.10 Å². The summed E-state index contributed by atoms with van der Waals surface area (Å²) in [6.45, 7) is 8.61. The maximum Gasteiger partial charge on any atom is 0.191 e. The van der Waals surface area contributed by atoms with Crippen molar-refractivity contribution in [2.75, 3.05) is 13.6 Å². The predicted octanol–water partition coefficient (Wildman–Crippen LogP) is 3.36. The zero-order valence-corrected chi connectivity index (χ0v) is 19.7. The molecule has 0 aliphatic rings. The lowest BCUT2D eigenvalue weighted by Gasteiger charge is -2.21. The summed E-state index contributed by atoms with van der Waals surface area (Å²) in [6.07, 6.45) is 0.645. The van der Waals surface area contributed by atoms with Crippen molar-refractivity contribution >= 4 is 29.9 Å². The van der Waals surface area contributed by atoms with Crippen LogP contribution in [0.4, 0.5) is 4.39 Å². The fourth-order valence-electron chi connectivity index (χ4n) is 2.94. The van der Waals surface area contributed by atoms with Gasteiger partial charge in [-0.25, -0.2) is 4.39 Å². The van der Waals surface area contributed by atoms with Gasteiger partial charge in [0.05, 0.1) is 12.2 Å². The highest BCUT2D eigenvalue weighted by atomic mass is 127. The zero-order chi connectivity index (χ0) is 20.0. The van der Waals surface area contributed by atoms with Crippen LogP contribution >= 0.6 is 24.0 Å². The minimum atomic E-state index is -0.359. The van der Waals surface area contributed by atoms with Gasteiger partial charge in [-0.15, -0.1) is 24.0 Å². The van der Waals surface area contributed by atoms with Crippen molar-refractivity contribution in [2.24, 2.45) is 12.0 Å². The summed E-state index contributed by atoms with van der Waals surface area (Å²) in [5.74, 6) is 0.582. The highest BCUT2D eigenvalue weighted by molar-refractivity contribution is 14.0. The highest BCUT2D eigenvalue weighted by Gasteiger charge is 2.15. The van der Waals surface area contributed by atoms with Crippen LogP contribution in [0, 0.1) is 19.7 Å². The van der Waals surface area contributed by atoms with Crippen molar-refractivity contribution in [3.63, 3.8) is 0 Å². The SMILES string of the molecule is CN=C(NCC(C)Oc1ccccc1F)NC(C)Cc1c(C)nn(C)c1C.I. The molecule has 6 nitrogen and oxygen atoms in total. The molecule has 156 valence electrons. The summed E-state index contributed by atoms with van der Waals surface area (Å²) in [4.78, 5) is 4.26. The Morgan fingerprint density at radius 3 is 2.54 bits per heavy atom. The molecule has 2 unspecified atom stereocenters. The van der Waals surface area contributed by atoms with Crippen LogP contribution in [0.5, 0.6) is 5.75 Å². The van der Waals surface area contributed by atoms with Gasteiger partial charge in [0.2, 0.25) is 0 Å². The minimum Gasteiger partial charge on any atom is -0.486 e. The number of para-hydroxylation sites is 1. The maximum absolute atomic E-state index is 13.7. The Balaban J connectivity index is 0.00000392. The number of benzene rings is 1. The molecule has 2 aromatic rings. The number of aryl methyl sites for hydroxylation is 2. The fraction of sp³-hybridized carbons (Fsp3) is 0.500. The first-order chi connectivity index (χ1) is 12.8. The van der Waals surface area contributed by atoms with Crippen LogP contribution < -0.4 is 15.4 Å². The molecule has 0 aliphatic heterocycles. The standard InChI is InChI=1S/C20H30FN5O.HI/c1-13(11-17-15(3)25-26(6)16(17)4)24-20(22-5)23-12-14(2)27-19-10-8-7-9-18(19)21;/h7-10,13-14H,11-12H2,1-6H3,(H2,22,23,24);1H. The topological polar surface area (TPSA) is 63.5 Å². The molecule has 0 saturated carbocycles. The van der Waals surface area contributed by atoms with Gasteiger partial charge in [-0.05, 0) is 51.8 Å². The Morgan fingerprint density at radius 1 is 1.29 bits per heavy atom. The average Bonchev–Trinajstić information content (AvgIpc) is 2.86. The second kappa shape index (κ2) is 11.2. The van der Waals surface area contributed by atoms with Gasteiger partial charge < -0.3 is 15.4 Å². The van der Waals surface area contributed by atoms with Crippen LogP contribution in [0.2, 0.25) is 0 Å². The fourth-order valence-corrected chi connectivity index (χ4v) is 2.94. The summed E-state index contributed by atoms with van der Waals surface area (Å²) in [7, 11) is 3.69. The number of hydrogen-bond donors (Lipinski definition) is 2. The lowest BCUT2D eigenvalue weighted by molar-refractivity contribution is 0.214. The van der Waals surface area contributed by atoms with Crippen LogP contribution in [0.1, 0.15) is 30.8 Å². The number of guanidine groups is 1. The molecule has 0 saturated heterocycles. The quantitative estimate of drug-likeness (QED) is 0.346. The average molecular weight is 503 g/mol. The monoisotopic (exact) mass is 503 g/mol. The Morgan fingerprint density at radius 2 is 1.96 bits per heavy atom. The molecule has 28 heavy (non-hydrogen) atoms. The number of ether oxygens (including phenoxy) is 1. The Kier molecular flexibility index (Phi) is 9.71. The van der Waals surface area contributed by atoms with Gasteiger partial charge in [0.1, 0.15) is 6.10 Å². The van der Waals surface area contributed by atoms with E-state index in [-0.39, 0.29) is 47.7 Å². The molecule has 2 rings (SSSR count). The van der Waals surface area contributed by atoms with E-state index >= 15 is 0 Å². The Labute approximate surface area is 184 Å². The van der Waals surface area contributed by atoms with Gasteiger partial charge in [0.25, 0.3) is 0 Å². The van der Waals surface area contributed by atoms with E-state index in [0.29, 0.717) is 12.5 Å². The van der Waals surface area contributed by atoms with Crippen LogP contribution in [-0.4, -0.2) is 41.5 Å². The van der Waals surface area contributed by atoms with E-state index in [0.717, 1.165) is 12.1 Å². The van der Waals surface area contributed by atoms with E-state index in [1.807, 2.05) is 25.6 Å². The summed E-state index contributed by atoms with van der Waals surface area (Å²) in [5.41, 5.74) is 3.48. The third-order valence-corrected chi connectivity index (χ3v) is 4.50. The summed E-state index contributed by atoms with van der Waals surface area (Å²) in [5, 5.41) is 11.1. The normalized spacial score (nSPS) is 13.5. The molecule has 1 heterocycles. The largest absolute Gasteiger partial charge is 0.486 e. The smallest absolute Gasteiger partial charge is 0.191 e. The summed E-state index contributed by atoms with van der Waals surface area (Å²) in [6, 6.07) is 6.59. The number of halogens is 2. The van der Waals surface area contributed by atoms with Crippen molar-refractivity contribution in [1.29, 1.82) is 0 Å². The van der Waals surface area contributed by atoms with Crippen molar-refractivity contribution in [1.82, 2.24) is 20.4 Å². The lowest BCUT2D eigenvalue weighted by Crippen LogP contribution is -2.45. The minimum absolute atomic E-state index is 0. The summed E-state index contributed by atoms with van der Waals surface area (Å²) < 4.78 is 21.2. The Bertz CT molecular complexity index is 793. The number of nitrogens with one attached hydrogen (secondary N) is 2. The Hall–Kier alpha value is -1.84. The molecule has 0 fully saturated rings. The van der Waals surface area contributed by atoms with Gasteiger partial charge in [-0.3, -0.25) is 9.67 Å². The molecule has 0 spiro atoms. The number of aromatic nitrogens is 2. The second-order valence-electron chi connectivity index (χ2n) is 6.83. The maximum atomic E-state index is 13.7. The number of rotatable bonds is 7. The van der Waals surface area contributed by atoms with Gasteiger partial charge in [-0.1, -0.05) is 12.1 Å². The van der Waals surface area contributed by atoms with Crippen LogP contribution in [0.25, 0.3) is 0 Å². The zero-order valence-electron chi connectivity index (χ0n) is 17.4. The first kappa shape index (κ1) is 24.2. The van der Waals surface area contributed by atoms with Crippen LogP contribution in [0.3, 0.4) is 0 Å². The van der Waals surface area contributed by atoms with E-state index in [1.54, 1.807) is 25.2 Å². The second-order valence-corrected chi connectivity index (χ2v) is 6.83. The number of aliphatic imine (C=N–C) groups is 1. The molecule has 2 atom stereocenters. The molecular formula is C20H31FIN5O. The molecular weight excluding hydrogens is 472 g/mol. The van der Waals surface area contributed by atoms with Crippen molar-refractivity contribution in [2.45, 2.75) is 46.3 Å². The molecule has 0 radical (unpaired) electrons. The summed E-state index contributed by atoms with van der Waals surface area (Å²) >= 11 is 0. The predicted molar refractivity (Wildman–Crippen MR) is 122 cm³/mol. The van der Waals surface area contributed by atoms with E-state index in [1.165, 1.54) is 17.3 Å². The van der Waals surface area contributed by atoms with Crippen molar-refractivity contribution in [3.8, 4) is 5.75 Å². The van der Waals surface area contributed by atoms with E-state index in [4.69, 9.17) is 4.74 Å². The highest BCUT2D eigenvalue weighted by Crippen LogP contribution is 2.17. The first-order valence-corrected chi connectivity index (χ1v) is 9.19. The van der Waals surface area contributed by atoms with Gasteiger partial charge in [0.15, 0.2) is 17.5 Å². The van der Waals surface area contributed by atoms with E-state index in [9.17, 15) is 4.39 Å².